The summed E-state index contributed by atoms with van der Waals surface area (Å²) < 4.78 is 28.1. The molecule has 2 N–H and O–H groups in total. The summed E-state index contributed by atoms with van der Waals surface area (Å²) >= 11 is 0. The zero-order valence-electron chi connectivity index (χ0n) is 18.8. The molecule has 0 spiro atoms. The molecule has 0 unspecified atom stereocenters. The summed E-state index contributed by atoms with van der Waals surface area (Å²) in [7, 11) is -3.87. The Labute approximate surface area is 204 Å². The van der Waals surface area contributed by atoms with Crippen molar-refractivity contribution < 1.29 is 18.0 Å². The number of aldehydes is 1. The van der Waals surface area contributed by atoms with Gasteiger partial charge in [-0.2, -0.15) is 0 Å². The summed E-state index contributed by atoms with van der Waals surface area (Å²) in [5.74, 6) is -0.193. The SMILES string of the molecule is O=C[C@@H](Cc1ccccc1)NS(=O)(=O)c1ccc(-c2ccc(NC(=O)c3ccccc3)cc2)cc1. The number of sulfonamides is 1. The van der Waals surface area contributed by atoms with Crippen molar-refractivity contribution in [3.63, 3.8) is 0 Å². The molecule has 0 heterocycles. The highest BCUT2D eigenvalue weighted by Crippen LogP contribution is 2.23. The van der Waals surface area contributed by atoms with Gasteiger partial charge in [0.2, 0.25) is 10.0 Å². The van der Waals surface area contributed by atoms with Gasteiger partial charge in [-0.15, -0.1) is 0 Å². The van der Waals surface area contributed by atoms with E-state index in [0.717, 1.165) is 16.7 Å². The van der Waals surface area contributed by atoms with Gasteiger partial charge in [0.05, 0.1) is 10.9 Å². The smallest absolute Gasteiger partial charge is 0.255 e. The van der Waals surface area contributed by atoms with E-state index in [9.17, 15) is 18.0 Å². The standard InChI is InChI=1S/C28H24N2O4S/c31-20-26(19-21-7-3-1-4-8-21)30-35(33,34)27-17-13-23(14-18-27)22-11-15-25(16-12-22)29-28(32)24-9-5-2-6-10-24/h1-18,20,26,30H,19H2,(H,29,32)/t26-/m1/s1. The first-order valence-electron chi connectivity index (χ1n) is 11.0. The number of benzene rings is 4. The lowest BCUT2D eigenvalue weighted by atomic mass is 10.1. The molecule has 1 amide bonds. The topological polar surface area (TPSA) is 92.3 Å². The van der Waals surface area contributed by atoms with Crippen molar-refractivity contribution in [1.29, 1.82) is 0 Å². The van der Waals surface area contributed by atoms with Crippen LogP contribution in [-0.4, -0.2) is 26.7 Å². The molecule has 0 fully saturated rings. The molecule has 0 saturated heterocycles. The number of hydrogen-bond acceptors (Lipinski definition) is 4. The Balaban J connectivity index is 1.42. The quantitative estimate of drug-likeness (QED) is 0.337. The van der Waals surface area contributed by atoms with Crippen LogP contribution in [0.5, 0.6) is 0 Å². The average Bonchev–Trinajstić information content (AvgIpc) is 2.90. The van der Waals surface area contributed by atoms with E-state index in [1.807, 2.05) is 48.5 Å². The lowest BCUT2D eigenvalue weighted by Crippen LogP contribution is -2.37. The lowest BCUT2D eigenvalue weighted by molar-refractivity contribution is -0.109. The van der Waals surface area contributed by atoms with E-state index in [0.29, 0.717) is 17.5 Å². The van der Waals surface area contributed by atoms with Crippen molar-refractivity contribution in [2.24, 2.45) is 0 Å². The van der Waals surface area contributed by atoms with Crippen LogP contribution in [0.1, 0.15) is 15.9 Å². The molecule has 0 aliphatic heterocycles. The summed E-state index contributed by atoms with van der Waals surface area (Å²) in [5.41, 5.74) is 3.79. The highest BCUT2D eigenvalue weighted by Gasteiger charge is 2.20. The molecule has 6 nitrogen and oxygen atoms in total. The molecule has 176 valence electrons. The monoisotopic (exact) mass is 484 g/mol. The van der Waals surface area contributed by atoms with Gasteiger partial charge in [-0.05, 0) is 59.5 Å². The molecule has 4 aromatic carbocycles. The number of carbonyl (C=O) groups is 2. The molecular formula is C28H24N2O4S. The normalized spacial score (nSPS) is 12.0. The third-order valence-corrected chi connectivity index (χ3v) is 6.95. The van der Waals surface area contributed by atoms with E-state index in [1.54, 1.807) is 48.5 Å². The Bertz CT molecular complexity index is 1390. The van der Waals surface area contributed by atoms with Gasteiger partial charge < -0.3 is 10.1 Å². The molecule has 4 rings (SSSR count). The summed E-state index contributed by atoms with van der Waals surface area (Å²) in [6.45, 7) is 0. The van der Waals surface area contributed by atoms with E-state index in [1.165, 1.54) is 12.1 Å². The highest BCUT2D eigenvalue weighted by molar-refractivity contribution is 7.89. The van der Waals surface area contributed by atoms with E-state index in [4.69, 9.17) is 0 Å². The fourth-order valence-electron chi connectivity index (χ4n) is 3.62. The van der Waals surface area contributed by atoms with E-state index in [2.05, 4.69) is 10.0 Å². The van der Waals surface area contributed by atoms with Crippen LogP contribution in [0.3, 0.4) is 0 Å². The van der Waals surface area contributed by atoms with Crippen LogP contribution in [0.15, 0.2) is 114 Å². The Hall–Kier alpha value is -4.07. The van der Waals surface area contributed by atoms with Crippen molar-refractivity contribution in [3.05, 3.63) is 120 Å². The predicted octanol–water partition coefficient (Wildman–Crippen LogP) is 4.69. The van der Waals surface area contributed by atoms with Gasteiger partial charge in [-0.1, -0.05) is 72.8 Å². The summed E-state index contributed by atoms with van der Waals surface area (Å²) in [6.07, 6.45) is 0.881. The first-order chi connectivity index (χ1) is 16.9. The molecule has 0 aromatic heterocycles. The maximum absolute atomic E-state index is 12.8. The number of carbonyl (C=O) groups excluding carboxylic acids is 2. The number of amides is 1. The van der Waals surface area contributed by atoms with Crippen LogP contribution in [0.4, 0.5) is 5.69 Å². The Morgan fingerprint density at radius 1 is 0.743 bits per heavy atom. The van der Waals surface area contributed by atoms with Crippen LogP contribution >= 0.6 is 0 Å². The zero-order chi connectivity index (χ0) is 24.7. The molecule has 7 heteroatoms. The zero-order valence-corrected chi connectivity index (χ0v) is 19.6. The Morgan fingerprint density at radius 3 is 1.86 bits per heavy atom. The Kier molecular flexibility index (Phi) is 7.50. The Morgan fingerprint density at radius 2 is 1.29 bits per heavy atom. The van der Waals surface area contributed by atoms with Crippen LogP contribution in [-0.2, 0) is 21.2 Å². The van der Waals surface area contributed by atoms with E-state index < -0.39 is 16.1 Å². The number of hydrogen-bond donors (Lipinski definition) is 2. The van der Waals surface area contributed by atoms with Gasteiger partial charge in [-0.25, -0.2) is 13.1 Å². The predicted molar refractivity (Wildman–Crippen MR) is 137 cm³/mol. The molecule has 0 aliphatic carbocycles. The van der Waals surface area contributed by atoms with Gasteiger partial charge in [0.25, 0.3) is 5.91 Å². The van der Waals surface area contributed by atoms with Crippen molar-refractivity contribution in [1.82, 2.24) is 4.72 Å². The second kappa shape index (κ2) is 10.9. The number of rotatable bonds is 9. The van der Waals surface area contributed by atoms with Gasteiger partial charge >= 0.3 is 0 Å². The molecule has 0 bridgehead atoms. The number of anilines is 1. The maximum Gasteiger partial charge on any atom is 0.255 e. The summed E-state index contributed by atoms with van der Waals surface area (Å²) in [6, 6.07) is 31.0. The average molecular weight is 485 g/mol. The molecule has 1 atom stereocenters. The van der Waals surface area contributed by atoms with Crippen LogP contribution in [0.2, 0.25) is 0 Å². The molecular weight excluding hydrogens is 460 g/mol. The largest absolute Gasteiger partial charge is 0.322 e. The molecule has 0 aliphatic rings. The third-order valence-electron chi connectivity index (χ3n) is 5.45. The molecule has 0 saturated carbocycles. The lowest BCUT2D eigenvalue weighted by Gasteiger charge is -2.14. The van der Waals surface area contributed by atoms with Gasteiger partial charge in [0, 0.05) is 11.3 Å². The molecule has 0 radical (unpaired) electrons. The van der Waals surface area contributed by atoms with Gasteiger partial charge in [0.15, 0.2) is 0 Å². The maximum atomic E-state index is 12.8. The second-order valence-electron chi connectivity index (χ2n) is 7.98. The minimum absolute atomic E-state index is 0.0768. The fraction of sp³-hybridized carbons (Fsp3) is 0.0714. The minimum Gasteiger partial charge on any atom is -0.322 e. The molecule has 35 heavy (non-hydrogen) atoms. The first-order valence-corrected chi connectivity index (χ1v) is 12.5. The van der Waals surface area contributed by atoms with Crippen LogP contribution in [0.25, 0.3) is 11.1 Å². The van der Waals surface area contributed by atoms with Crippen LogP contribution < -0.4 is 10.0 Å². The highest BCUT2D eigenvalue weighted by atomic mass is 32.2. The van der Waals surface area contributed by atoms with Crippen LogP contribution in [0, 0.1) is 0 Å². The van der Waals surface area contributed by atoms with Crippen molar-refractivity contribution in [2.75, 3.05) is 5.32 Å². The summed E-state index contributed by atoms with van der Waals surface area (Å²) in [5, 5.41) is 2.85. The number of nitrogens with one attached hydrogen (secondary N) is 2. The van der Waals surface area contributed by atoms with Crippen molar-refractivity contribution in [3.8, 4) is 11.1 Å². The fourth-order valence-corrected chi connectivity index (χ4v) is 4.79. The summed E-state index contributed by atoms with van der Waals surface area (Å²) in [4.78, 5) is 23.9. The minimum atomic E-state index is -3.87. The molecule has 4 aromatic rings. The first kappa shape index (κ1) is 24.1. The van der Waals surface area contributed by atoms with E-state index >= 15 is 0 Å². The van der Waals surface area contributed by atoms with E-state index in [-0.39, 0.29) is 17.2 Å². The van der Waals surface area contributed by atoms with Gasteiger partial charge in [0.1, 0.15) is 6.29 Å². The third kappa shape index (κ3) is 6.29. The van der Waals surface area contributed by atoms with Crippen molar-refractivity contribution in [2.45, 2.75) is 17.4 Å². The second-order valence-corrected chi connectivity index (χ2v) is 9.69. The van der Waals surface area contributed by atoms with Crippen molar-refractivity contribution >= 4 is 27.9 Å². The van der Waals surface area contributed by atoms with Gasteiger partial charge in [-0.3, -0.25) is 4.79 Å².